The van der Waals surface area contributed by atoms with E-state index in [0.29, 0.717) is 30.2 Å². The summed E-state index contributed by atoms with van der Waals surface area (Å²) in [4.78, 5) is 15.1. The summed E-state index contributed by atoms with van der Waals surface area (Å²) >= 11 is 1.56. The Hall–Kier alpha value is -3.39. The summed E-state index contributed by atoms with van der Waals surface area (Å²) in [5, 5.41) is 26.3. The van der Waals surface area contributed by atoms with Gasteiger partial charge in [-0.05, 0) is 73.5 Å². The number of rotatable bonds is 8. The van der Waals surface area contributed by atoms with E-state index in [0.717, 1.165) is 39.9 Å². The molecule has 2 atom stereocenters. The number of nitrogens with zero attached hydrogens (tertiary/aromatic N) is 1. The van der Waals surface area contributed by atoms with Crippen LogP contribution in [0.2, 0.25) is 0 Å². The van der Waals surface area contributed by atoms with Crippen molar-refractivity contribution in [3.05, 3.63) is 64.5 Å². The summed E-state index contributed by atoms with van der Waals surface area (Å²) in [5.41, 5.74) is 6.98. The largest absolute Gasteiger partial charge is 0.491 e. The first-order valence-electron chi connectivity index (χ1n) is 11.0. The van der Waals surface area contributed by atoms with Gasteiger partial charge in [-0.25, -0.2) is 0 Å². The second kappa shape index (κ2) is 9.62. The number of likely N-dealkylation sites (tertiary alicyclic amines) is 1. The van der Waals surface area contributed by atoms with Gasteiger partial charge in [0.15, 0.2) is 0 Å². The van der Waals surface area contributed by atoms with Crippen LogP contribution in [0.25, 0.3) is 10.1 Å². The van der Waals surface area contributed by atoms with E-state index in [4.69, 9.17) is 21.3 Å². The molecule has 3 aromatic rings. The van der Waals surface area contributed by atoms with E-state index in [9.17, 15) is 9.90 Å². The predicted octanol–water partition coefficient (Wildman–Crippen LogP) is 4.44. The number of aliphatic carboxylic acids is 1. The number of nitrogens with one attached hydrogen (secondary N) is 2. The predicted molar refractivity (Wildman–Crippen MR) is 132 cm³/mol. The monoisotopic (exact) mass is 464 g/mol. The van der Waals surface area contributed by atoms with Gasteiger partial charge in [-0.2, -0.15) is 0 Å². The van der Waals surface area contributed by atoms with Crippen LogP contribution < -0.4 is 10.5 Å². The van der Waals surface area contributed by atoms with Gasteiger partial charge in [0.2, 0.25) is 0 Å². The topological polar surface area (TPSA) is 123 Å². The van der Waals surface area contributed by atoms with Gasteiger partial charge in [-0.3, -0.25) is 15.6 Å². The van der Waals surface area contributed by atoms with Crippen molar-refractivity contribution in [3.63, 3.8) is 0 Å². The molecule has 1 aliphatic heterocycles. The Balaban J connectivity index is 1.45. The molecular weight excluding hydrogens is 436 g/mol. The maximum absolute atomic E-state index is 12.1. The Kier molecular flexibility index (Phi) is 6.65. The molecule has 1 aromatic heterocycles. The number of thiophene rings is 1. The van der Waals surface area contributed by atoms with Crippen LogP contribution in [0.1, 0.15) is 41.7 Å². The molecule has 0 radical (unpaired) electrons. The lowest BCUT2D eigenvalue weighted by Crippen LogP contribution is -2.37. The third-order valence-corrected chi connectivity index (χ3v) is 7.25. The van der Waals surface area contributed by atoms with Gasteiger partial charge >= 0.3 is 5.97 Å². The molecule has 2 heterocycles. The molecule has 0 amide bonds. The number of amidine groups is 2. The lowest BCUT2D eigenvalue weighted by atomic mass is 9.95. The van der Waals surface area contributed by atoms with Gasteiger partial charge < -0.3 is 20.5 Å². The number of nitrogen functional groups attached to an aromatic ring is 1. The first-order chi connectivity index (χ1) is 15.8. The van der Waals surface area contributed by atoms with E-state index >= 15 is 0 Å². The number of benzene rings is 2. The van der Waals surface area contributed by atoms with Crippen LogP contribution in [0.4, 0.5) is 0 Å². The fourth-order valence-electron chi connectivity index (χ4n) is 4.35. The Morgan fingerprint density at radius 2 is 2.00 bits per heavy atom. The van der Waals surface area contributed by atoms with E-state index in [1.807, 2.05) is 48.5 Å². The van der Waals surface area contributed by atoms with Crippen LogP contribution in [0, 0.1) is 10.8 Å². The molecule has 0 spiro atoms. The number of fused-ring (bicyclic) bond motifs is 1. The zero-order valence-electron chi connectivity index (χ0n) is 18.5. The Morgan fingerprint density at radius 3 is 2.67 bits per heavy atom. The van der Waals surface area contributed by atoms with Crippen molar-refractivity contribution in [1.29, 1.82) is 10.8 Å². The first kappa shape index (κ1) is 22.8. The molecule has 7 nitrogen and oxygen atoms in total. The molecule has 4 rings (SSSR count). The highest BCUT2D eigenvalue weighted by atomic mass is 32.1. The molecule has 1 saturated heterocycles. The molecule has 0 bridgehead atoms. The fraction of sp³-hybridized carbons (Fsp3) is 0.320. The second-order valence-electron chi connectivity index (χ2n) is 8.43. The molecule has 2 unspecified atom stereocenters. The normalized spacial score (nSPS) is 16.6. The highest BCUT2D eigenvalue weighted by Gasteiger charge is 2.26. The quantitative estimate of drug-likeness (QED) is 0.290. The SMILES string of the molecule is CC(=N)N1CCCC1COc1ccc(C(Cc2cc3cc(C(=N)N)ccc3s2)C(=O)O)cc1. The summed E-state index contributed by atoms with van der Waals surface area (Å²) in [6.45, 7) is 3.22. The maximum atomic E-state index is 12.1. The van der Waals surface area contributed by atoms with Crippen LogP contribution in [0.5, 0.6) is 5.75 Å². The molecule has 0 aliphatic carbocycles. The van der Waals surface area contributed by atoms with Crippen molar-refractivity contribution in [2.75, 3.05) is 13.2 Å². The summed E-state index contributed by atoms with van der Waals surface area (Å²) in [5.74, 6) is -0.238. The molecule has 8 heteroatoms. The van der Waals surface area contributed by atoms with Crippen molar-refractivity contribution < 1.29 is 14.6 Å². The Labute approximate surface area is 196 Å². The zero-order valence-corrected chi connectivity index (χ0v) is 19.3. The van der Waals surface area contributed by atoms with E-state index in [-0.39, 0.29) is 11.9 Å². The van der Waals surface area contributed by atoms with Crippen molar-refractivity contribution >= 4 is 39.1 Å². The number of hydrogen-bond donors (Lipinski definition) is 4. The molecule has 172 valence electrons. The van der Waals surface area contributed by atoms with Crippen molar-refractivity contribution in [1.82, 2.24) is 4.90 Å². The molecular formula is C25H28N4O3S. The average molecular weight is 465 g/mol. The third-order valence-electron chi connectivity index (χ3n) is 6.11. The summed E-state index contributed by atoms with van der Waals surface area (Å²) in [7, 11) is 0. The fourth-order valence-corrected chi connectivity index (χ4v) is 5.44. The number of ether oxygens (including phenoxy) is 1. The van der Waals surface area contributed by atoms with Gasteiger partial charge in [0.05, 0.1) is 17.8 Å². The molecule has 5 N–H and O–H groups in total. The van der Waals surface area contributed by atoms with E-state index in [1.165, 1.54) is 0 Å². The number of carboxylic acid groups (broad SMARTS) is 1. The highest BCUT2D eigenvalue weighted by molar-refractivity contribution is 7.19. The summed E-state index contributed by atoms with van der Waals surface area (Å²) in [6, 6.07) is 15.1. The van der Waals surface area contributed by atoms with Crippen LogP contribution in [0.3, 0.4) is 0 Å². The van der Waals surface area contributed by atoms with Crippen LogP contribution in [0.15, 0.2) is 48.5 Å². The van der Waals surface area contributed by atoms with Gasteiger partial charge in [-0.1, -0.05) is 12.1 Å². The van der Waals surface area contributed by atoms with Gasteiger partial charge in [0, 0.05) is 21.7 Å². The van der Waals surface area contributed by atoms with E-state index in [1.54, 1.807) is 18.3 Å². The average Bonchev–Trinajstić information content (AvgIpc) is 3.42. The Bertz CT molecular complexity index is 1190. The smallest absolute Gasteiger partial charge is 0.311 e. The Morgan fingerprint density at radius 1 is 1.24 bits per heavy atom. The van der Waals surface area contributed by atoms with E-state index in [2.05, 4.69) is 4.90 Å². The van der Waals surface area contributed by atoms with Gasteiger partial charge in [0.1, 0.15) is 18.2 Å². The molecule has 0 saturated carbocycles. The maximum Gasteiger partial charge on any atom is 0.311 e. The number of carbonyl (C=O) groups is 1. The second-order valence-corrected chi connectivity index (χ2v) is 9.60. The number of carboxylic acids is 1. The number of nitrogens with two attached hydrogens (primary N) is 1. The minimum atomic E-state index is -0.867. The standard InChI is InChI=1S/C25H28N4O3S/c1-15(26)29-10-2-3-19(29)14-32-20-7-4-16(5-8-20)22(25(30)31)13-21-12-18-11-17(24(27)28)6-9-23(18)33-21/h4-9,11-12,19,22,26H,2-3,10,13-14H2,1H3,(H3,27,28)(H,30,31). The minimum Gasteiger partial charge on any atom is -0.491 e. The van der Waals surface area contributed by atoms with Crippen molar-refractivity contribution in [2.24, 2.45) is 5.73 Å². The minimum absolute atomic E-state index is 0.0176. The zero-order chi connectivity index (χ0) is 23.5. The van der Waals surface area contributed by atoms with E-state index < -0.39 is 11.9 Å². The summed E-state index contributed by atoms with van der Waals surface area (Å²) in [6.07, 6.45) is 2.47. The molecule has 1 aliphatic rings. The highest BCUT2D eigenvalue weighted by Crippen LogP contribution is 2.32. The summed E-state index contributed by atoms with van der Waals surface area (Å²) < 4.78 is 6.99. The van der Waals surface area contributed by atoms with Crippen LogP contribution >= 0.6 is 11.3 Å². The first-order valence-corrected chi connectivity index (χ1v) is 11.8. The molecule has 1 fully saturated rings. The van der Waals surface area contributed by atoms with Crippen molar-refractivity contribution in [3.8, 4) is 5.75 Å². The van der Waals surface area contributed by atoms with Crippen molar-refractivity contribution in [2.45, 2.75) is 38.1 Å². The lowest BCUT2D eigenvalue weighted by molar-refractivity contribution is -0.138. The third kappa shape index (κ3) is 5.17. The van der Waals surface area contributed by atoms with Crippen LogP contribution in [-0.4, -0.2) is 46.8 Å². The van der Waals surface area contributed by atoms with Gasteiger partial charge in [0.25, 0.3) is 0 Å². The lowest BCUT2D eigenvalue weighted by Gasteiger charge is -2.25. The molecule has 33 heavy (non-hydrogen) atoms. The molecule has 2 aromatic carbocycles. The van der Waals surface area contributed by atoms with Gasteiger partial charge in [-0.15, -0.1) is 11.3 Å². The van der Waals surface area contributed by atoms with Crippen LogP contribution in [-0.2, 0) is 11.2 Å². The number of hydrogen-bond acceptors (Lipinski definition) is 5.